The summed E-state index contributed by atoms with van der Waals surface area (Å²) in [5.41, 5.74) is 6.64. The highest BCUT2D eigenvalue weighted by molar-refractivity contribution is 7.88. The fourth-order valence-electron chi connectivity index (χ4n) is 2.21. The van der Waals surface area contributed by atoms with Crippen molar-refractivity contribution < 1.29 is 17.9 Å². The number of benzene rings is 1. The Bertz CT molecular complexity index is 600. The molecule has 0 unspecified atom stereocenters. The Balaban J connectivity index is 2.15. The molecule has 1 aromatic rings. The summed E-state index contributed by atoms with van der Waals surface area (Å²) < 4.78 is 30.5. The molecular weight excluding hydrogens is 280 g/mol. The first-order chi connectivity index (χ1) is 9.42. The highest BCUT2D eigenvalue weighted by atomic mass is 32.2. The number of methoxy groups -OCH3 is 1. The Kier molecular flexibility index (Phi) is 4.42. The van der Waals surface area contributed by atoms with Gasteiger partial charge < -0.3 is 10.5 Å². The van der Waals surface area contributed by atoms with Crippen molar-refractivity contribution >= 4 is 16.0 Å². The van der Waals surface area contributed by atoms with Crippen LogP contribution in [0.3, 0.4) is 0 Å². The maximum atomic E-state index is 12.3. The average Bonchev–Trinajstić information content (AvgIpc) is 2.85. The maximum absolute atomic E-state index is 12.3. The summed E-state index contributed by atoms with van der Waals surface area (Å²) in [5, 5.41) is 0. The maximum Gasteiger partial charge on any atom is 0.337 e. The monoisotopic (exact) mass is 298 g/mol. The Morgan fingerprint density at radius 3 is 2.85 bits per heavy atom. The van der Waals surface area contributed by atoms with E-state index in [4.69, 9.17) is 5.73 Å². The van der Waals surface area contributed by atoms with E-state index in [1.165, 1.54) is 11.4 Å². The molecule has 0 aromatic heterocycles. The van der Waals surface area contributed by atoms with Crippen molar-refractivity contribution in [3.8, 4) is 0 Å². The zero-order chi connectivity index (χ0) is 14.8. The number of carbonyl (C=O) groups is 1. The third kappa shape index (κ3) is 3.36. The lowest BCUT2D eigenvalue weighted by molar-refractivity contribution is 0.0600. The van der Waals surface area contributed by atoms with Gasteiger partial charge in [-0.1, -0.05) is 12.1 Å². The number of ether oxygens (including phenoxy) is 1. The number of esters is 1. The Hall–Kier alpha value is -1.44. The Morgan fingerprint density at radius 1 is 1.50 bits per heavy atom. The summed E-state index contributed by atoms with van der Waals surface area (Å²) >= 11 is 0. The van der Waals surface area contributed by atoms with E-state index in [9.17, 15) is 13.2 Å². The minimum absolute atomic E-state index is 0.0915. The van der Waals surface area contributed by atoms with E-state index < -0.39 is 16.0 Å². The molecule has 20 heavy (non-hydrogen) atoms. The van der Waals surface area contributed by atoms with Crippen LogP contribution in [-0.4, -0.2) is 44.9 Å². The zero-order valence-corrected chi connectivity index (χ0v) is 12.1. The van der Waals surface area contributed by atoms with E-state index in [-0.39, 0.29) is 11.8 Å². The first kappa shape index (κ1) is 15.0. The van der Waals surface area contributed by atoms with Gasteiger partial charge >= 0.3 is 5.97 Å². The van der Waals surface area contributed by atoms with Crippen molar-refractivity contribution in [1.29, 1.82) is 0 Å². The van der Waals surface area contributed by atoms with E-state index >= 15 is 0 Å². The summed E-state index contributed by atoms with van der Waals surface area (Å²) in [6.45, 7) is 0.819. The fourth-order valence-corrected chi connectivity index (χ4v) is 3.80. The van der Waals surface area contributed by atoms with Gasteiger partial charge in [-0.2, -0.15) is 0 Å². The number of hydrogen-bond acceptors (Lipinski definition) is 5. The van der Waals surface area contributed by atoms with Crippen LogP contribution >= 0.6 is 0 Å². The quantitative estimate of drug-likeness (QED) is 0.809. The molecule has 1 aliphatic rings. The van der Waals surface area contributed by atoms with Gasteiger partial charge in [-0.15, -0.1) is 0 Å². The fraction of sp³-hybridized carbons (Fsp3) is 0.462. The minimum Gasteiger partial charge on any atom is -0.465 e. The van der Waals surface area contributed by atoms with Crippen molar-refractivity contribution in [2.75, 3.05) is 20.2 Å². The molecule has 2 N–H and O–H groups in total. The topological polar surface area (TPSA) is 89.7 Å². The van der Waals surface area contributed by atoms with Crippen LogP contribution in [0, 0.1) is 0 Å². The third-order valence-electron chi connectivity index (χ3n) is 3.28. The van der Waals surface area contributed by atoms with Gasteiger partial charge in [0.2, 0.25) is 10.0 Å². The van der Waals surface area contributed by atoms with Crippen molar-refractivity contribution in [2.45, 2.75) is 18.2 Å². The molecule has 0 aliphatic carbocycles. The molecule has 1 heterocycles. The summed E-state index contributed by atoms with van der Waals surface area (Å²) in [6.07, 6.45) is 0.682. The van der Waals surface area contributed by atoms with E-state index in [1.54, 1.807) is 24.3 Å². The molecule has 0 radical (unpaired) electrons. The SMILES string of the molecule is COC(=O)c1cccc(CS(=O)(=O)N2CC[C@H](N)C2)c1. The second kappa shape index (κ2) is 5.90. The second-order valence-electron chi connectivity index (χ2n) is 4.85. The smallest absolute Gasteiger partial charge is 0.337 e. The number of hydrogen-bond donors (Lipinski definition) is 1. The van der Waals surface area contributed by atoms with E-state index in [1.807, 2.05) is 0 Å². The molecule has 1 aromatic carbocycles. The van der Waals surface area contributed by atoms with Gasteiger partial charge in [0.1, 0.15) is 0 Å². The van der Waals surface area contributed by atoms with Crippen LogP contribution in [-0.2, 0) is 20.5 Å². The van der Waals surface area contributed by atoms with Crippen molar-refractivity contribution in [1.82, 2.24) is 4.31 Å². The van der Waals surface area contributed by atoms with E-state index in [2.05, 4.69) is 4.74 Å². The van der Waals surface area contributed by atoms with Crippen LogP contribution in [0.1, 0.15) is 22.3 Å². The number of nitrogens with two attached hydrogens (primary N) is 1. The number of carbonyl (C=O) groups excluding carboxylic acids is 1. The number of nitrogens with zero attached hydrogens (tertiary/aromatic N) is 1. The van der Waals surface area contributed by atoms with Gasteiger partial charge in [-0.05, 0) is 24.1 Å². The molecular formula is C13H18N2O4S. The Labute approximate surface area is 118 Å². The molecule has 6 nitrogen and oxygen atoms in total. The summed E-state index contributed by atoms with van der Waals surface area (Å²) in [5.74, 6) is -0.614. The largest absolute Gasteiger partial charge is 0.465 e. The molecule has 0 amide bonds. The van der Waals surface area contributed by atoms with Gasteiger partial charge in [0.15, 0.2) is 0 Å². The number of rotatable bonds is 4. The molecule has 0 saturated carbocycles. The standard InChI is InChI=1S/C13H18N2O4S/c1-19-13(16)11-4-2-3-10(7-11)9-20(17,18)15-6-5-12(14)8-15/h2-4,7,12H,5-6,8-9,14H2,1H3/t12-/m0/s1. The van der Waals surface area contributed by atoms with Gasteiger partial charge in [0, 0.05) is 19.1 Å². The molecule has 1 atom stereocenters. The first-order valence-corrected chi connectivity index (χ1v) is 7.94. The molecule has 2 rings (SSSR count). The van der Waals surface area contributed by atoms with Crippen LogP contribution in [0.25, 0.3) is 0 Å². The van der Waals surface area contributed by atoms with Crippen LogP contribution in [0.2, 0.25) is 0 Å². The molecule has 0 bridgehead atoms. The zero-order valence-electron chi connectivity index (χ0n) is 11.3. The minimum atomic E-state index is -3.39. The van der Waals surface area contributed by atoms with Crippen molar-refractivity contribution in [3.63, 3.8) is 0 Å². The van der Waals surface area contributed by atoms with Crippen LogP contribution in [0.15, 0.2) is 24.3 Å². The molecule has 1 fully saturated rings. The molecule has 110 valence electrons. The normalized spacial score (nSPS) is 20.0. The predicted molar refractivity (Wildman–Crippen MR) is 74.6 cm³/mol. The van der Waals surface area contributed by atoms with Gasteiger partial charge in [-0.25, -0.2) is 17.5 Å². The number of sulfonamides is 1. The lowest BCUT2D eigenvalue weighted by Crippen LogP contribution is -2.32. The predicted octanol–water partition coefficient (Wildman–Crippen LogP) is 0.336. The molecule has 1 aliphatic heterocycles. The van der Waals surface area contributed by atoms with Crippen LogP contribution in [0.4, 0.5) is 0 Å². The van der Waals surface area contributed by atoms with E-state index in [0.717, 1.165) is 0 Å². The van der Waals surface area contributed by atoms with Crippen molar-refractivity contribution in [2.24, 2.45) is 5.73 Å². The molecule has 1 saturated heterocycles. The van der Waals surface area contributed by atoms with Gasteiger partial charge in [0.05, 0.1) is 18.4 Å². The van der Waals surface area contributed by atoms with Crippen LogP contribution < -0.4 is 5.73 Å². The molecule has 7 heteroatoms. The summed E-state index contributed by atoms with van der Waals surface area (Å²) in [6, 6.07) is 6.37. The highest BCUT2D eigenvalue weighted by Crippen LogP contribution is 2.17. The highest BCUT2D eigenvalue weighted by Gasteiger charge is 2.29. The first-order valence-electron chi connectivity index (χ1n) is 6.33. The van der Waals surface area contributed by atoms with Crippen molar-refractivity contribution in [3.05, 3.63) is 35.4 Å². The van der Waals surface area contributed by atoms with Crippen LogP contribution in [0.5, 0.6) is 0 Å². The lowest BCUT2D eigenvalue weighted by Gasteiger charge is -2.16. The average molecular weight is 298 g/mol. The summed E-state index contributed by atoms with van der Waals surface area (Å²) in [7, 11) is -2.10. The lowest BCUT2D eigenvalue weighted by atomic mass is 10.1. The Morgan fingerprint density at radius 2 is 2.25 bits per heavy atom. The van der Waals surface area contributed by atoms with Gasteiger partial charge in [0.25, 0.3) is 0 Å². The van der Waals surface area contributed by atoms with E-state index in [0.29, 0.717) is 30.6 Å². The van der Waals surface area contributed by atoms with Gasteiger partial charge in [-0.3, -0.25) is 0 Å². The second-order valence-corrected chi connectivity index (χ2v) is 6.82. The molecule has 0 spiro atoms. The summed E-state index contributed by atoms with van der Waals surface area (Å²) in [4.78, 5) is 11.4. The third-order valence-corrected chi connectivity index (χ3v) is 5.09.